The summed E-state index contributed by atoms with van der Waals surface area (Å²) in [6.45, 7) is 11.7. The minimum Gasteiger partial charge on any atom is -0.351 e. The zero-order valence-corrected chi connectivity index (χ0v) is 9.92. The summed E-state index contributed by atoms with van der Waals surface area (Å²) in [6, 6.07) is 0. The van der Waals surface area contributed by atoms with E-state index in [1.807, 2.05) is 34.6 Å². The largest absolute Gasteiger partial charge is 0.351 e. The van der Waals surface area contributed by atoms with E-state index in [4.69, 9.17) is 14.3 Å². The number of hydrogen-bond donors (Lipinski definition) is 1. The molecule has 0 aromatic carbocycles. The van der Waals surface area contributed by atoms with Crippen LogP contribution < -0.4 is 5.48 Å². The van der Waals surface area contributed by atoms with Crippen LogP contribution in [0.3, 0.4) is 0 Å². The van der Waals surface area contributed by atoms with Crippen LogP contribution in [-0.2, 0) is 14.3 Å². The number of rotatable bonds is 7. The molecule has 0 amide bonds. The van der Waals surface area contributed by atoms with E-state index < -0.39 is 0 Å². The lowest BCUT2D eigenvalue weighted by Gasteiger charge is -2.22. The fraction of sp³-hybridized carbons (Fsp3) is 1.00. The highest BCUT2D eigenvalue weighted by atomic mass is 16.7. The first kappa shape index (κ1) is 13.8. The molecule has 0 aromatic rings. The maximum atomic E-state index is 5.34. The van der Waals surface area contributed by atoms with Gasteiger partial charge in [0.2, 0.25) is 0 Å². The van der Waals surface area contributed by atoms with Gasteiger partial charge in [0.25, 0.3) is 0 Å². The standard InChI is InChI=1S/C10H23NO3/c1-6-12-9(13-7-2)8-11-14-10(3,4)5/h9,11H,6-8H2,1-5H3. The Bertz CT molecular complexity index is 128. The average Bonchev–Trinajstić information content (AvgIpc) is 2.02. The third kappa shape index (κ3) is 8.44. The highest BCUT2D eigenvalue weighted by Crippen LogP contribution is 2.04. The minimum atomic E-state index is -0.229. The lowest BCUT2D eigenvalue weighted by atomic mass is 10.2. The van der Waals surface area contributed by atoms with E-state index in [0.29, 0.717) is 19.8 Å². The van der Waals surface area contributed by atoms with Crippen LogP contribution in [0.25, 0.3) is 0 Å². The van der Waals surface area contributed by atoms with Crippen LogP contribution in [0.2, 0.25) is 0 Å². The van der Waals surface area contributed by atoms with Crippen molar-refractivity contribution in [2.24, 2.45) is 0 Å². The van der Waals surface area contributed by atoms with E-state index >= 15 is 0 Å². The molecular weight excluding hydrogens is 182 g/mol. The second kappa shape index (κ2) is 7.17. The van der Waals surface area contributed by atoms with E-state index in [1.165, 1.54) is 0 Å². The Morgan fingerprint density at radius 2 is 1.57 bits per heavy atom. The Kier molecular flexibility index (Phi) is 7.09. The molecule has 0 saturated heterocycles. The number of ether oxygens (including phenoxy) is 2. The van der Waals surface area contributed by atoms with Gasteiger partial charge in [-0.2, -0.15) is 5.48 Å². The molecular formula is C10H23NO3. The topological polar surface area (TPSA) is 39.7 Å². The molecule has 0 unspecified atom stereocenters. The molecule has 0 spiro atoms. The summed E-state index contributed by atoms with van der Waals surface area (Å²) >= 11 is 0. The number of hydroxylamine groups is 1. The molecule has 86 valence electrons. The molecule has 0 rings (SSSR count). The summed E-state index contributed by atoms with van der Waals surface area (Å²) in [6.07, 6.45) is -0.229. The Morgan fingerprint density at radius 1 is 1.07 bits per heavy atom. The summed E-state index contributed by atoms with van der Waals surface area (Å²) in [7, 11) is 0. The van der Waals surface area contributed by atoms with Gasteiger partial charge in [0.1, 0.15) is 0 Å². The van der Waals surface area contributed by atoms with Crippen LogP contribution in [0.5, 0.6) is 0 Å². The van der Waals surface area contributed by atoms with E-state index in [2.05, 4.69) is 5.48 Å². The van der Waals surface area contributed by atoms with Crippen LogP contribution >= 0.6 is 0 Å². The van der Waals surface area contributed by atoms with Gasteiger partial charge in [0.05, 0.1) is 12.1 Å². The highest BCUT2D eigenvalue weighted by molar-refractivity contribution is 4.57. The monoisotopic (exact) mass is 205 g/mol. The Labute approximate surface area is 86.9 Å². The van der Waals surface area contributed by atoms with Crippen molar-refractivity contribution in [1.29, 1.82) is 0 Å². The summed E-state index contributed by atoms with van der Waals surface area (Å²) in [5.41, 5.74) is 2.65. The van der Waals surface area contributed by atoms with E-state index in [1.54, 1.807) is 0 Å². The smallest absolute Gasteiger partial charge is 0.172 e. The molecule has 0 fully saturated rings. The van der Waals surface area contributed by atoms with Gasteiger partial charge in [-0.05, 0) is 34.6 Å². The summed E-state index contributed by atoms with van der Waals surface area (Å²) in [4.78, 5) is 5.34. The predicted octanol–water partition coefficient (Wildman–Crippen LogP) is 1.71. The molecule has 1 N–H and O–H groups in total. The van der Waals surface area contributed by atoms with Crippen molar-refractivity contribution < 1.29 is 14.3 Å². The maximum Gasteiger partial charge on any atom is 0.172 e. The molecule has 0 bridgehead atoms. The van der Waals surface area contributed by atoms with Crippen molar-refractivity contribution in [1.82, 2.24) is 5.48 Å². The number of nitrogens with one attached hydrogen (secondary N) is 1. The molecule has 14 heavy (non-hydrogen) atoms. The molecule has 0 aromatic heterocycles. The predicted molar refractivity (Wildman–Crippen MR) is 55.9 cm³/mol. The quantitative estimate of drug-likeness (QED) is 0.507. The van der Waals surface area contributed by atoms with Gasteiger partial charge in [0.15, 0.2) is 6.29 Å². The summed E-state index contributed by atoms with van der Waals surface area (Å²) in [5.74, 6) is 0. The first-order chi connectivity index (χ1) is 6.49. The zero-order valence-electron chi connectivity index (χ0n) is 9.92. The maximum absolute atomic E-state index is 5.34. The molecule has 0 heterocycles. The second-order valence-electron chi connectivity index (χ2n) is 3.90. The molecule has 0 atom stereocenters. The van der Waals surface area contributed by atoms with Crippen LogP contribution in [0.1, 0.15) is 34.6 Å². The summed E-state index contributed by atoms with van der Waals surface area (Å²) < 4.78 is 10.7. The normalized spacial score (nSPS) is 12.4. The minimum absolute atomic E-state index is 0.191. The van der Waals surface area contributed by atoms with Gasteiger partial charge in [-0.1, -0.05) is 0 Å². The van der Waals surface area contributed by atoms with E-state index in [0.717, 1.165) is 0 Å². The van der Waals surface area contributed by atoms with Crippen molar-refractivity contribution in [3.05, 3.63) is 0 Å². The lowest BCUT2D eigenvalue weighted by molar-refractivity contribution is -0.164. The van der Waals surface area contributed by atoms with Crippen molar-refractivity contribution in [2.45, 2.75) is 46.5 Å². The molecule has 0 aliphatic carbocycles. The molecule has 4 heteroatoms. The SMILES string of the molecule is CCOC(CNOC(C)(C)C)OCC. The lowest BCUT2D eigenvalue weighted by Crippen LogP contribution is -2.36. The third-order valence-electron chi connectivity index (χ3n) is 1.33. The molecule has 0 saturated carbocycles. The van der Waals surface area contributed by atoms with Gasteiger partial charge < -0.3 is 9.47 Å². The third-order valence-corrected chi connectivity index (χ3v) is 1.33. The van der Waals surface area contributed by atoms with Gasteiger partial charge in [-0.25, -0.2) is 0 Å². The Morgan fingerprint density at radius 3 is 1.93 bits per heavy atom. The van der Waals surface area contributed by atoms with Crippen molar-refractivity contribution in [2.75, 3.05) is 19.8 Å². The van der Waals surface area contributed by atoms with Gasteiger partial charge in [-0.15, -0.1) is 0 Å². The second-order valence-corrected chi connectivity index (χ2v) is 3.90. The molecule has 0 aliphatic heterocycles. The van der Waals surface area contributed by atoms with Gasteiger partial charge >= 0.3 is 0 Å². The van der Waals surface area contributed by atoms with E-state index in [9.17, 15) is 0 Å². The van der Waals surface area contributed by atoms with Crippen LogP contribution in [0, 0.1) is 0 Å². The average molecular weight is 205 g/mol. The molecule has 0 radical (unpaired) electrons. The van der Waals surface area contributed by atoms with Crippen LogP contribution in [0.4, 0.5) is 0 Å². The van der Waals surface area contributed by atoms with Crippen molar-refractivity contribution in [3.63, 3.8) is 0 Å². The first-order valence-electron chi connectivity index (χ1n) is 5.13. The van der Waals surface area contributed by atoms with Crippen molar-refractivity contribution >= 4 is 0 Å². The molecule has 0 aliphatic rings. The van der Waals surface area contributed by atoms with Gasteiger partial charge in [0, 0.05) is 13.2 Å². The summed E-state index contributed by atoms with van der Waals surface area (Å²) in [5, 5.41) is 0. The fourth-order valence-corrected chi connectivity index (χ4v) is 0.864. The van der Waals surface area contributed by atoms with E-state index in [-0.39, 0.29) is 11.9 Å². The highest BCUT2D eigenvalue weighted by Gasteiger charge is 2.12. The first-order valence-corrected chi connectivity index (χ1v) is 5.13. The zero-order chi connectivity index (χ0) is 11.0. The number of hydrogen-bond acceptors (Lipinski definition) is 4. The van der Waals surface area contributed by atoms with Crippen LogP contribution in [0.15, 0.2) is 0 Å². The Balaban J connectivity index is 3.60. The Hall–Kier alpha value is -0.160. The van der Waals surface area contributed by atoms with Crippen molar-refractivity contribution in [3.8, 4) is 0 Å². The molecule has 4 nitrogen and oxygen atoms in total. The van der Waals surface area contributed by atoms with Gasteiger partial charge in [-0.3, -0.25) is 4.84 Å². The van der Waals surface area contributed by atoms with Crippen LogP contribution in [-0.4, -0.2) is 31.6 Å². The fourth-order valence-electron chi connectivity index (χ4n) is 0.864.